The average molecular weight is 361 g/mol. The first kappa shape index (κ1) is 18.4. The number of likely N-dealkylation sites (tertiary alicyclic amines) is 1. The van der Waals surface area contributed by atoms with Gasteiger partial charge in [0.05, 0.1) is 13.2 Å². The van der Waals surface area contributed by atoms with Gasteiger partial charge < -0.3 is 14.2 Å². The quantitative estimate of drug-likeness (QED) is 0.535. The lowest BCUT2D eigenvalue weighted by Gasteiger charge is -2.31. The van der Waals surface area contributed by atoms with Crippen LogP contribution in [0.1, 0.15) is 24.2 Å². The molecule has 0 aliphatic carbocycles. The molecule has 0 N–H and O–H groups in total. The van der Waals surface area contributed by atoms with Crippen LogP contribution in [0.5, 0.6) is 0 Å². The van der Waals surface area contributed by atoms with E-state index in [0.29, 0.717) is 6.61 Å². The lowest BCUT2D eigenvalue weighted by molar-refractivity contribution is 0.0791. The van der Waals surface area contributed by atoms with Gasteiger partial charge in [0, 0.05) is 20.0 Å². The van der Waals surface area contributed by atoms with Gasteiger partial charge in [0.2, 0.25) is 0 Å². The molecule has 1 fully saturated rings. The summed E-state index contributed by atoms with van der Waals surface area (Å²) in [5, 5.41) is 9.59. The highest BCUT2D eigenvalue weighted by molar-refractivity contribution is 7.98. The van der Waals surface area contributed by atoms with Gasteiger partial charge >= 0.3 is 0 Å². The molecule has 1 aliphatic heterocycles. The van der Waals surface area contributed by atoms with Crippen molar-refractivity contribution >= 4 is 11.8 Å². The molecule has 0 bridgehead atoms. The summed E-state index contributed by atoms with van der Waals surface area (Å²) in [6.45, 7) is 4.86. The maximum atomic E-state index is 5.81. The summed E-state index contributed by atoms with van der Waals surface area (Å²) < 4.78 is 7.94. The lowest BCUT2D eigenvalue weighted by atomic mass is 9.93. The van der Waals surface area contributed by atoms with Gasteiger partial charge in [-0.05, 0) is 43.7 Å². The second-order valence-electron chi connectivity index (χ2n) is 6.69. The molecule has 0 unspecified atom stereocenters. The fourth-order valence-corrected chi connectivity index (χ4v) is 3.83. The summed E-state index contributed by atoms with van der Waals surface area (Å²) in [5.74, 6) is 1.84. The van der Waals surface area contributed by atoms with Gasteiger partial charge in [-0.2, -0.15) is 0 Å². The van der Waals surface area contributed by atoms with E-state index in [-0.39, 0.29) is 0 Å². The van der Waals surface area contributed by atoms with Gasteiger partial charge in [-0.3, -0.25) is 0 Å². The standard InChI is InChI=1S/C19H28N4OS/c1-22-18(20-21-19(22)25-2)14-16-8-10-23(11-9-16)12-13-24-15-17-6-4-3-5-7-17/h3-7,16H,8-15H2,1-2H3. The predicted octanol–water partition coefficient (Wildman–Crippen LogP) is 3.01. The van der Waals surface area contributed by atoms with E-state index in [4.69, 9.17) is 4.74 Å². The molecule has 3 rings (SSSR count). The van der Waals surface area contributed by atoms with Crippen molar-refractivity contribution < 1.29 is 4.74 Å². The summed E-state index contributed by atoms with van der Waals surface area (Å²) in [5.41, 5.74) is 1.24. The smallest absolute Gasteiger partial charge is 0.190 e. The zero-order valence-corrected chi connectivity index (χ0v) is 16.0. The molecule has 2 aromatic rings. The molecule has 5 nitrogen and oxygen atoms in total. The molecule has 1 aromatic heterocycles. The van der Waals surface area contributed by atoms with Crippen LogP contribution in [0.25, 0.3) is 0 Å². The molecule has 6 heteroatoms. The van der Waals surface area contributed by atoms with Crippen molar-refractivity contribution in [2.24, 2.45) is 13.0 Å². The Morgan fingerprint density at radius 1 is 1.16 bits per heavy atom. The normalized spacial score (nSPS) is 16.4. The number of ether oxygens (including phenoxy) is 1. The molecular formula is C19H28N4OS. The molecule has 1 aliphatic rings. The SMILES string of the molecule is CSc1nnc(CC2CCN(CCOCc3ccccc3)CC2)n1C. The number of aromatic nitrogens is 3. The molecule has 1 aromatic carbocycles. The Labute approximate surface area is 154 Å². The van der Waals surface area contributed by atoms with Crippen LogP contribution >= 0.6 is 11.8 Å². The van der Waals surface area contributed by atoms with Crippen LogP contribution in [0.15, 0.2) is 35.5 Å². The van der Waals surface area contributed by atoms with Gasteiger partial charge in [0.1, 0.15) is 5.82 Å². The zero-order valence-electron chi connectivity index (χ0n) is 15.2. The van der Waals surface area contributed by atoms with Crippen LogP contribution in [0.4, 0.5) is 0 Å². The number of hydrogen-bond acceptors (Lipinski definition) is 5. The van der Waals surface area contributed by atoms with E-state index in [2.05, 4.69) is 51.0 Å². The lowest BCUT2D eigenvalue weighted by Crippen LogP contribution is -2.36. The van der Waals surface area contributed by atoms with E-state index >= 15 is 0 Å². The van der Waals surface area contributed by atoms with Crippen LogP contribution in [-0.4, -0.2) is 52.2 Å². The van der Waals surface area contributed by atoms with E-state index in [1.807, 2.05) is 12.3 Å². The highest BCUT2D eigenvalue weighted by atomic mass is 32.2. The fraction of sp³-hybridized carbons (Fsp3) is 0.579. The summed E-state index contributed by atoms with van der Waals surface area (Å²) in [6.07, 6.45) is 5.56. The monoisotopic (exact) mass is 360 g/mol. The predicted molar refractivity (Wildman–Crippen MR) is 102 cm³/mol. The minimum atomic E-state index is 0.710. The third-order valence-electron chi connectivity index (χ3n) is 4.95. The van der Waals surface area contributed by atoms with Crippen molar-refractivity contribution in [3.8, 4) is 0 Å². The Kier molecular flexibility index (Phi) is 6.90. The Balaban J connectivity index is 1.33. The molecule has 25 heavy (non-hydrogen) atoms. The van der Waals surface area contributed by atoms with E-state index in [1.54, 1.807) is 11.8 Å². The van der Waals surface area contributed by atoms with Crippen LogP contribution in [0.2, 0.25) is 0 Å². The van der Waals surface area contributed by atoms with E-state index in [0.717, 1.165) is 49.6 Å². The van der Waals surface area contributed by atoms with Crippen molar-refractivity contribution in [2.45, 2.75) is 31.0 Å². The number of hydrogen-bond donors (Lipinski definition) is 0. The number of benzene rings is 1. The van der Waals surface area contributed by atoms with Gasteiger partial charge in [0.25, 0.3) is 0 Å². The molecule has 136 valence electrons. The number of thioether (sulfide) groups is 1. The van der Waals surface area contributed by atoms with Crippen molar-refractivity contribution in [1.82, 2.24) is 19.7 Å². The third-order valence-corrected chi connectivity index (χ3v) is 5.67. The number of rotatable bonds is 8. The van der Waals surface area contributed by atoms with E-state index in [1.165, 1.54) is 18.4 Å². The van der Waals surface area contributed by atoms with Crippen LogP contribution in [0.3, 0.4) is 0 Å². The first-order valence-electron chi connectivity index (χ1n) is 9.02. The van der Waals surface area contributed by atoms with Crippen molar-refractivity contribution in [3.05, 3.63) is 41.7 Å². The minimum Gasteiger partial charge on any atom is -0.375 e. The molecule has 1 saturated heterocycles. The first-order valence-corrected chi connectivity index (χ1v) is 10.2. The number of piperidine rings is 1. The van der Waals surface area contributed by atoms with Gasteiger partial charge in [-0.25, -0.2) is 0 Å². The minimum absolute atomic E-state index is 0.710. The Hall–Kier alpha value is -1.37. The Morgan fingerprint density at radius 3 is 2.60 bits per heavy atom. The van der Waals surface area contributed by atoms with Crippen LogP contribution in [0, 0.1) is 5.92 Å². The second-order valence-corrected chi connectivity index (χ2v) is 7.46. The largest absolute Gasteiger partial charge is 0.375 e. The summed E-state index contributed by atoms with van der Waals surface area (Å²) in [4.78, 5) is 2.52. The van der Waals surface area contributed by atoms with Crippen molar-refractivity contribution in [3.63, 3.8) is 0 Å². The van der Waals surface area contributed by atoms with E-state index in [9.17, 15) is 0 Å². The summed E-state index contributed by atoms with van der Waals surface area (Å²) >= 11 is 1.66. The molecule has 0 radical (unpaired) electrons. The Bertz CT molecular complexity index is 638. The fourth-order valence-electron chi connectivity index (χ4n) is 3.33. The van der Waals surface area contributed by atoms with Crippen LogP contribution in [-0.2, 0) is 24.8 Å². The summed E-state index contributed by atoms with van der Waals surface area (Å²) in [7, 11) is 2.07. The second kappa shape index (κ2) is 9.36. The summed E-state index contributed by atoms with van der Waals surface area (Å²) in [6, 6.07) is 10.4. The average Bonchev–Trinajstić information content (AvgIpc) is 3.01. The number of nitrogens with zero attached hydrogens (tertiary/aromatic N) is 4. The highest BCUT2D eigenvalue weighted by Crippen LogP contribution is 2.22. The van der Waals surface area contributed by atoms with Gasteiger partial charge in [-0.15, -0.1) is 10.2 Å². The maximum Gasteiger partial charge on any atom is 0.190 e. The Morgan fingerprint density at radius 2 is 1.92 bits per heavy atom. The molecular weight excluding hydrogens is 332 g/mol. The first-order chi connectivity index (χ1) is 12.3. The van der Waals surface area contributed by atoms with Gasteiger partial charge in [0.15, 0.2) is 5.16 Å². The molecule has 0 saturated carbocycles. The molecule has 0 amide bonds. The van der Waals surface area contributed by atoms with Crippen molar-refractivity contribution in [2.75, 3.05) is 32.5 Å². The van der Waals surface area contributed by atoms with Crippen LogP contribution < -0.4 is 0 Å². The molecule has 2 heterocycles. The third kappa shape index (κ3) is 5.30. The zero-order chi connectivity index (χ0) is 17.5. The topological polar surface area (TPSA) is 43.2 Å². The van der Waals surface area contributed by atoms with E-state index < -0.39 is 0 Å². The molecule has 0 atom stereocenters. The van der Waals surface area contributed by atoms with Crippen molar-refractivity contribution in [1.29, 1.82) is 0 Å². The molecule has 0 spiro atoms. The van der Waals surface area contributed by atoms with Gasteiger partial charge in [-0.1, -0.05) is 42.1 Å². The highest BCUT2D eigenvalue weighted by Gasteiger charge is 2.21. The maximum absolute atomic E-state index is 5.81.